The van der Waals surface area contributed by atoms with E-state index >= 15 is 0 Å². The zero-order chi connectivity index (χ0) is 32.5. The van der Waals surface area contributed by atoms with Crippen molar-refractivity contribution < 1.29 is 28.7 Å². The van der Waals surface area contributed by atoms with Crippen LogP contribution in [0.25, 0.3) is 0 Å². The molecule has 2 aliphatic rings. The number of halogens is 1. The van der Waals surface area contributed by atoms with Gasteiger partial charge in [-0.2, -0.15) is 0 Å². The Kier molecular flexibility index (Phi) is 12.1. The number of nitrogens with zero attached hydrogens (tertiary/aromatic N) is 1. The molecule has 2 fully saturated rings. The first-order chi connectivity index (χ1) is 21.5. The van der Waals surface area contributed by atoms with Crippen molar-refractivity contribution in [2.75, 3.05) is 14.2 Å². The van der Waals surface area contributed by atoms with Crippen molar-refractivity contribution in [3.8, 4) is 0 Å². The van der Waals surface area contributed by atoms with Crippen LogP contribution in [0, 0.1) is 5.92 Å². The smallest absolute Gasteiger partial charge is 0.408 e. The Bertz CT molecular complexity index is 1330. The Labute approximate surface area is 274 Å². The first-order valence-corrected chi connectivity index (χ1v) is 17.3. The number of hydrogen-bond acceptors (Lipinski definition) is 6. The van der Waals surface area contributed by atoms with Gasteiger partial charge in [-0.3, -0.25) is 9.59 Å². The van der Waals surface area contributed by atoms with Crippen LogP contribution in [0.3, 0.4) is 0 Å². The summed E-state index contributed by atoms with van der Waals surface area (Å²) in [5.74, 6) is -0.894. The number of rotatable bonds is 14. The maximum atomic E-state index is 13.8. The number of alkyl carbamates (subject to hydrolysis) is 1. The van der Waals surface area contributed by atoms with Gasteiger partial charge in [-0.05, 0) is 61.3 Å². The number of hydrogen-bond donors (Lipinski definition) is 2. The summed E-state index contributed by atoms with van der Waals surface area (Å²) in [6.07, 6.45) is 7.76. The van der Waals surface area contributed by atoms with Crippen LogP contribution in [0.1, 0.15) is 75.3 Å². The van der Waals surface area contributed by atoms with Gasteiger partial charge in [-0.25, -0.2) is 9.59 Å². The number of carbonyl (C=O) groups is 4. The summed E-state index contributed by atoms with van der Waals surface area (Å²) in [5.41, 5.74) is 1.68. The van der Waals surface area contributed by atoms with Gasteiger partial charge in [0.05, 0.1) is 7.11 Å². The summed E-state index contributed by atoms with van der Waals surface area (Å²) in [6, 6.07) is 16.2. The quantitative estimate of drug-likeness (QED) is 0.232. The summed E-state index contributed by atoms with van der Waals surface area (Å²) < 4.78 is 10.5. The zero-order valence-electron chi connectivity index (χ0n) is 26.6. The number of methoxy groups -OCH3 is 1. The first kappa shape index (κ1) is 34.5. The van der Waals surface area contributed by atoms with E-state index in [0.717, 1.165) is 56.9 Å². The van der Waals surface area contributed by atoms with Crippen molar-refractivity contribution in [2.45, 2.75) is 94.0 Å². The van der Waals surface area contributed by atoms with E-state index in [1.807, 2.05) is 30.1 Å². The van der Waals surface area contributed by atoms with Gasteiger partial charge < -0.3 is 25.0 Å². The Morgan fingerprint density at radius 1 is 1.04 bits per heavy atom. The summed E-state index contributed by atoms with van der Waals surface area (Å²) in [4.78, 5) is 54.9. The second-order valence-corrected chi connectivity index (χ2v) is 14.9. The molecule has 45 heavy (non-hydrogen) atoms. The molecule has 0 aromatic heterocycles. The summed E-state index contributed by atoms with van der Waals surface area (Å²) in [6.45, 7) is -0.00164. The van der Waals surface area contributed by atoms with Crippen LogP contribution in [0.15, 0.2) is 54.6 Å². The van der Waals surface area contributed by atoms with Gasteiger partial charge >= 0.3 is 12.1 Å². The number of carbonyl (C=O) groups excluding carboxylic acids is 4. The molecule has 0 saturated heterocycles. The van der Waals surface area contributed by atoms with Gasteiger partial charge in [0.1, 0.15) is 17.8 Å². The van der Waals surface area contributed by atoms with E-state index in [1.165, 1.54) is 12.7 Å². The van der Waals surface area contributed by atoms with Crippen molar-refractivity contribution >= 4 is 45.7 Å². The highest BCUT2D eigenvalue weighted by Gasteiger charge is 2.48. The second kappa shape index (κ2) is 15.8. The minimum absolute atomic E-state index is 0.00164. The molecule has 2 N–H and O–H groups in total. The number of nitrogens with one attached hydrogen (secondary N) is 2. The topological polar surface area (TPSA) is 114 Å². The number of amides is 3. The molecule has 2 aliphatic carbocycles. The fourth-order valence-corrected chi connectivity index (χ4v) is 7.20. The largest absolute Gasteiger partial charge is 0.468 e. The molecule has 2 aromatic carbocycles. The zero-order valence-corrected chi connectivity index (χ0v) is 29.4. The van der Waals surface area contributed by atoms with Gasteiger partial charge in [0.15, 0.2) is 0 Å². The molecule has 9 nitrogen and oxygen atoms in total. The van der Waals surface area contributed by atoms with Crippen LogP contribution in [0.4, 0.5) is 4.79 Å². The number of esters is 1. The Balaban J connectivity index is 1.40. The van der Waals surface area contributed by atoms with Gasteiger partial charge in [-0.1, -0.05) is 86.2 Å². The van der Waals surface area contributed by atoms with Crippen molar-refractivity contribution in [2.24, 2.45) is 5.92 Å². The summed E-state index contributed by atoms with van der Waals surface area (Å²) >= 11 is 6.05. The molecule has 0 bridgehead atoms. The van der Waals surface area contributed by atoms with Crippen molar-refractivity contribution in [3.05, 3.63) is 70.7 Å². The van der Waals surface area contributed by atoms with Crippen LogP contribution >= 0.6 is 11.6 Å². The van der Waals surface area contributed by atoms with Crippen LogP contribution in [-0.4, -0.2) is 69.9 Å². The number of ether oxygens (including phenoxy) is 2. The fourth-order valence-electron chi connectivity index (χ4n) is 6.29. The molecular formula is C34H46ClN3O6Si. The number of benzene rings is 2. The average Bonchev–Trinajstić information content (AvgIpc) is 3.82. The molecule has 2 aromatic rings. The highest BCUT2D eigenvalue weighted by Crippen LogP contribution is 2.44. The monoisotopic (exact) mass is 655 g/mol. The standard InChI is InChI=1S/C34H46ClN3O6Si/c1-38(33(18-19-33)22-25-12-7-4-8-13-25)29(39)16-17-34(45,31(41)43-2)37-30(40)28(21-24-10-5-3-6-11-24)36-32(42)44-23-26-14-9-15-27(35)20-26/h4,7-9,12-15,20,24,28H,3,5-6,10-11,16-19,21-23H2,1-2,45H3,(H,36,42)(H,37,40)/t28-,34?/m0/s1. The van der Waals surface area contributed by atoms with Crippen molar-refractivity contribution in [1.82, 2.24) is 15.5 Å². The van der Waals surface area contributed by atoms with E-state index < -0.39 is 29.2 Å². The molecule has 244 valence electrons. The highest BCUT2D eigenvalue weighted by molar-refractivity contribution is 6.30. The third kappa shape index (κ3) is 9.81. The lowest BCUT2D eigenvalue weighted by atomic mass is 9.84. The minimum Gasteiger partial charge on any atom is -0.468 e. The third-order valence-electron chi connectivity index (χ3n) is 9.32. The summed E-state index contributed by atoms with van der Waals surface area (Å²) in [7, 11) is 3.30. The summed E-state index contributed by atoms with van der Waals surface area (Å²) in [5, 5.41) is 4.84. The van der Waals surface area contributed by atoms with E-state index in [9.17, 15) is 19.2 Å². The molecule has 0 spiro atoms. The predicted octanol–water partition coefficient (Wildman–Crippen LogP) is 4.27. The molecule has 3 amide bonds. The molecule has 11 heteroatoms. The van der Waals surface area contributed by atoms with Gasteiger partial charge in [0.2, 0.25) is 11.8 Å². The van der Waals surface area contributed by atoms with Crippen LogP contribution < -0.4 is 10.6 Å². The van der Waals surface area contributed by atoms with Gasteiger partial charge in [0.25, 0.3) is 0 Å². The Hall–Kier alpha value is -3.37. The molecule has 1 unspecified atom stereocenters. The Morgan fingerprint density at radius 2 is 1.73 bits per heavy atom. The molecular weight excluding hydrogens is 610 g/mol. The average molecular weight is 656 g/mol. The number of likely N-dealkylation sites (N-methyl/N-ethyl adjacent to an activating group) is 1. The molecule has 0 heterocycles. The van der Waals surface area contributed by atoms with Crippen LogP contribution in [0.2, 0.25) is 5.02 Å². The maximum Gasteiger partial charge on any atom is 0.408 e. The first-order valence-electron chi connectivity index (χ1n) is 15.9. The van der Waals surface area contributed by atoms with Crippen molar-refractivity contribution in [1.29, 1.82) is 0 Å². The fraction of sp³-hybridized carbons (Fsp3) is 0.529. The molecule has 4 rings (SSSR count). The van der Waals surface area contributed by atoms with E-state index in [-0.39, 0.29) is 47.1 Å². The highest BCUT2D eigenvalue weighted by atomic mass is 35.5. The lowest BCUT2D eigenvalue weighted by molar-refractivity contribution is -0.148. The van der Waals surface area contributed by atoms with E-state index in [4.69, 9.17) is 21.1 Å². The van der Waals surface area contributed by atoms with Gasteiger partial charge in [-0.15, -0.1) is 0 Å². The van der Waals surface area contributed by atoms with E-state index in [2.05, 4.69) is 22.8 Å². The molecule has 2 atom stereocenters. The lowest BCUT2D eigenvalue weighted by Crippen LogP contribution is -2.61. The van der Waals surface area contributed by atoms with E-state index in [1.54, 1.807) is 24.3 Å². The van der Waals surface area contributed by atoms with Crippen molar-refractivity contribution in [3.63, 3.8) is 0 Å². The molecule has 0 aliphatic heterocycles. The minimum atomic E-state index is -1.34. The van der Waals surface area contributed by atoms with Crippen LogP contribution in [-0.2, 0) is 36.9 Å². The molecule has 2 saturated carbocycles. The third-order valence-corrected chi connectivity index (χ3v) is 10.7. The molecule has 0 radical (unpaired) electrons. The van der Waals surface area contributed by atoms with Crippen LogP contribution in [0.5, 0.6) is 0 Å². The van der Waals surface area contributed by atoms with Gasteiger partial charge in [0, 0.05) is 34.3 Å². The predicted molar refractivity (Wildman–Crippen MR) is 177 cm³/mol. The normalized spacial score (nSPS) is 17.8. The lowest BCUT2D eigenvalue weighted by Gasteiger charge is -2.33. The maximum absolute atomic E-state index is 13.8. The second-order valence-electron chi connectivity index (χ2n) is 12.8. The van der Waals surface area contributed by atoms with E-state index in [0.29, 0.717) is 11.4 Å². The Morgan fingerprint density at radius 3 is 2.38 bits per heavy atom. The SMILES string of the molecule is COC(=O)C([SiH3])(CCC(=O)N(C)C1(Cc2ccccc2)CC1)NC(=O)[C@H](CC1CCCCC1)NC(=O)OCc1cccc(Cl)c1.